The predicted molar refractivity (Wildman–Crippen MR) is 71.5 cm³/mol. The SMILES string of the molecule is COc1ccc(C)cc1-c1ccc(CCN)nn1. The summed E-state index contributed by atoms with van der Waals surface area (Å²) in [5.74, 6) is 0.807. The van der Waals surface area contributed by atoms with Crippen LogP contribution in [0.5, 0.6) is 5.75 Å². The van der Waals surface area contributed by atoms with Gasteiger partial charge in [0.05, 0.1) is 18.5 Å². The van der Waals surface area contributed by atoms with E-state index in [4.69, 9.17) is 10.5 Å². The minimum Gasteiger partial charge on any atom is -0.496 e. The monoisotopic (exact) mass is 243 g/mol. The van der Waals surface area contributed by atoms with Crippen LogP contribution in [0.15, 0.2) is 30.3 Å². The van der Waals surface area contributed by atoms with Gasteiger partial charge < -0.3 is 10.5 Å². The number of aromatic nitrogens is 2. The van der Waals surface area contributed by atoms with E-state index in [9.17, 15) is 0 Å². The van der Waals surface area contributed by atoms with Gasteiger partial charge in [-0.3, -0.25) is 0 Å². The smallest absolute Gasteiger partial charge is 0.128 e. The van der Waals surface area contributed by atoms with E-state index in [2.05, 4.69) is 10.2 Å². The second-order valence-electron chi connectivity index (χ2n) is 4.15. The van der Waals surface area contributed by atoms with Crippen molar-refractivity contribution in [3.63, 3.8) is 0 Å². The van der Waals surface area contributed by atoms with E-state index < -0.39 is 0 Å². The maximum Gasteiger partial charge on any atom is 0.128 e. The lowest BCUT2D eigenvalue weighted by molar-refractivity contribution is 0.416. The molecule has 1 aromatic heterocycles. The summed E-state index contributed by atoms with van der Waals surface area (Å²) < 4.78 is 5.34. The molecular weight excluding hydrogens is 226 g/mol. The first kappa shape index (κ1) is 12.5. The zero-order chi connectivity index (χ0) is 13.0. The maximum absolute atomic E-state index is 5.49. The third-order valence-corrected chi connectivity index (χ3v) is 2.75. The molecule has 0 spiro atoms. The van der Waals surface area contributed by atoms with Crippen LogP contribution in [-0.4, -0.2) is 23.9 Å². The number of hydrogen-bond donors (Lipinski definition) is 1. The molecule has 94 valence electrons. The fourth-order valence-electron chi connectivity index (χ4n) is 1.81. The van der Waals surface area contributed by atoms with Crippen molar-refractivity contribution in [2.24, 2.45) is 5.73 Å². The number of nitrogens with zero attached hydrogens (tertiary/aromatic N) is 2. The van der Waals surface area contributed by atoms with Gasteiger partial charge in [-0.25, -0.2) is 0 Å². The number of rotatable bonds is 4. The van der Waals surface area contributed by atoms with E-state index in [-0.39, 0.29) is 0 Å². The molecule has 1 heterocycles. The van der Waals surface area contributed by atoms with Gasteiger partial charge in [-0.1, -0.05) is 11.6 Å². The molecule has 4 heteroatoms. The minimum atomic E-state index is 0.585. The van der Waals surface area contributed by atoms with Crippen LogP contribution in [-0.2, 0) is 6.42 Å². The summed E-state index contributed by atoms with van der Waals surface area (Å²) in [4.78, 5) is 0. The Morgan fingerprint density at radius 3 is 2.61 bits per heavy atom. The van der Waals surface area contributed by atoms with E-state index in [1.54, 1.807) is 7.11 Å². The molecule has 0 fully saturated rings. The summed E-state index contributed by atoms with van der Waals surface area (Å²) in [6, 6.07) is 9.91. The number of methoxy groups -OCH3 is 1. The normalized spacial score (nSPS) is 10.4. The fraction of sp³-hybridized carbons (Fsp3) is 0.286. The van der Waals surface area contributed by atoms with Crippen molar-refractivity contribution in [3.05, 3.63) is 41.6 Å². The summed E-state index contributed by atoms with van der Waals surface area (Å²) >= 11 is 0. The van der Waals surface area contributed by atoms with Gasteiger partial charge in [0.15, 0.2) is 0 Å². The highest BCUT2D eigenvalue weighted by Gasteiger charge is 2.08. The van der Waals surface area contributed by atoms with E-state index in [1.165, 1.54) is 5.56 Å². The predicted octanol–water partition coefficient (Wildman–Crippen LogP) is 1.96. The largest absolute Gasteiger partial charge is 0.496 e. The summed E-state index contributed by atoms with van der Waals surface area (Å²) in [5.41, 5.74) is 9.34. The van der Waals surface area contributed by atoms with Crippen LogP contribution in [0.3, 0.4) is 0 Å². The van der Waals surface area contributed by atoms with Crippen LogP contribution in [0.4, 0.5) is 0 Å². The van der Waals surface area contributed by atoms with Gasteiger partial charge in [-0.15, -0.1) is 0 Å². The van der Waals surface area contributed by atoms with Crippen LogP contribution in [0.2, 0.25) is 0 Å². The minimum absolute atomic E-state index is 0.585. The molecular formula is C14H17N3O. The second kappa shape index (κ2) is 5.60. The van der Waals surface area contributed by atoms with E-state index in [1.807, 2.05) is 37.3 Å². The number of hydrogen-bond acceptors (Lipinski definition) is 4. The van der Waals surface area contributed by atoms with Gasteiger partial charge in [-0.05, 0) is 37.7 Å². The Kier molecular flexibility index (Phi) is 3.89. The van der Waals surface area contributed by atoms with Crippen LogP contribution >= 0.6 is 0 Å². The molecule has 2 aromatic rings. The van der Waals surface area contributed by atoms with Crippen molar-refractivity contribution in [2.75, 3.05) is 13.7 Å². The van der Waals surface area contributed by atoms with Crippen LogP contribution < -0.4 is 10.5 Å². The Bertz CT molecular complexity index is 523. The Balaban J connectivity index is 2.38. The summed E-state index contributed by atoms with van der Waals surface area (Å²) in [5, 5.41) is 8.40. The van der Waals surface area contributed by atoms with Gasteiger partial charge in [0.2, 0.25) is 0 Å². The first-order valence-corrected chi connectivity index (χ1v) is 5.92. The molecule has 2 rings (SSSR count). The highest BCUT2D eigenvalue weighted by molar-refractivity contribution is 5.67. The Morgan fingerprint density at radius 2 is 2.00 bits per heavy atom. The van der Waals surface area contributed by atoms with E-state index in [0.29, 0.717) is 6.54 Å². The zero-order valence-corrected chi connectivity index (χ0v) is 10.7. The van der Waals surface area contributed by atoms with Crippen molar-refractivity contribution < 1.29 is 4.74 Å². The molecule has 0 bridgehead atoms. The molecule has 0 aliphatic carbocycles. The topological polar surface area (TPSA) is 61.0 Å². The maximum atomic E-state index is 5.49. The molecule has 0 saturated heterocycles. The summed E-state index contributed by atoms with van der Waals surface area (Å²) in [7, 11) is 1.66. The van der Waals surface area contributed by atoms with Gasteiger partial charge >= 0.3 is 0 Å². The molecule has 0 aliphatic rings. The third kappa shape index (κ3) is 2.65. The summed E-state index contributed by atoms with van der Waals surface area (Å²) in [6.45, 7) is 2.63. The van der Waals surface area contributed by atoms with Crippen LogP contribution in [0, 0.1) is 6.92 Å². The lowest BCUT2D eigenvalue weighted by atomic mass is 10.1. The highest BCUT2D eigenvalue weighted by atomic mass is 16.5. The quantitative estimate of drug-likeness (QED) is 0.891. The molecule has 0 unspecified atom stereocenters. The average Bonchev–Trinajstić information content (AvgIpc) is 2.40. The Hall–Kier alpha value is -1.94. The zero-order valence-electron chi connectivity index (χ0n) is 10.7. The van der Waals surface area contributed by atoms with E-state index in [0.717, 1.165) is 29.1 Å². The molecule has 2 N–H and O–H groups in total. The van der Waals surface area contributed by atoms with Crippen molar-refractivity contribution in [2.45, 2.75) is 13.3 Å². The number of nitrogens with two attached hydrogens (primary N) is 1. The molecule has 1 aromatic carbocycles. The molecule has 18 heavy (non-hydrogen) atoms. The van der Waals surface area contributed by atoms with Gasteiger partial charge in [0, 0.05) is 12.0 Å². The molecule has 0 amide bonds. The highest BCUT2D eigenvalue weighted by Crippen LogP contribution is 2.28. The van der Waals surface area contributed by atoms with Gasteiger partial charge in [-0.2, -0.15) is 10.2 Å². The Morgan fingerprint density at radius 1 is 1.17 bits per heavy atom. The lowest BCUT2D eigenvalue weighted by Gasteiger charge is -2.08. The first-order chi connectivity index (χ1) is 8.74. The van der Waals surface area contributed by atoms with Gasteiger partial charge in [0.25, 0.3) is 0 Å². The van der Waals surface area contributed by atoms with Crippen molar-refractivity contribution in [1.29, 1.82) is 0 Å². The molecule has 0 saturated carbocycles. The summed E-state index contributed by atoms with van der Waals surface area (Å²) in [6.07, 6.45) is 0.748. The van der Waals surface area contributed by atoms with Crippen molar-refractivity contribution in [1.82, 2.24) is 10.2 Å². The third-order valence-electron chi connectivity index (χ3n) is 2.75. The van der Waals surface area contributed by atoms with E-state index >= 15 is 0 Å². The number of aryl methyl sites for hydroxylation is 1. The first-order valence-electron chi connectivity index (χ1n) is 5.92. The molecule has 4 nitrogen and oxygen atoms in total. The van der Waals surface area contributed by atoms with Gasteiger partial charge in [0.1, 0.15) is 5.75 Å². The van der Waals surface area contributed by atoms with Crippen molar-refractivity contribution in [3.8, 4) is 17.0 Å². The number of ether oxygens (including phenoxy) is 1. The molecule has 0 radical (unpaired) electrons. The Labute approximate surface area is 107 Å². The lowest BCUT2D eigenvalue weighted by Crippen LogP contribution is -2.05. The fourth-order valence-corrected chi connectivity index (χ4v) is 1.81. The molecule has 0 atom stereocenters. The second-order valence-corrected chi connectivity index (χ2v) is 4.15. The standard InChI is InChI=1S/C14H17N3O/c1-10-3-6-14(18-2)12(9-10)13-5-4-11(7-8-15)16-17-13/h3-6,9H,7-8,15H2,1-2H3. The molecule has 0 aliphatic heterocycles. The number of benzene rings is 1. The van der Waals surface area contributed by atoms with Crippen LogP contribution in [0.25, 0.3) is 11.3 Å². The average molecular weight is 243 g/mol. The van der Waals surface area contributed by atoms with Crippen LogP contribution in [0.1, 0.15) is 11.3 Å². The van der Waals surface area contributed by atoms with Crippen molar-refractivity contribution >= 4 is 0 Å².